The van der Waals surface area contributed by atoms with E-state index in [-0.39, 0.29) is 5.17 Å². The summed E-state index contributed by atoms with van der Waals surface area (Å²) in [4.78, 5) is 11.6. The van der Waals surface area contributed by atoms with Crippen molar-refractivity contribution in [1.29, 1.82) is 0 Å². The van der Waals surface area contributed by atoms with Crippen LogP contribution in [0.4, 0.5) is 10.5 Å². The van der Waals surface area contributed by atoms with Crippen LogP contribution in [0.3, 0.4) is 0 Å². The lowest BCUT2D eigenvalue weighted by atomic mass is 10.2. The fraction of sp³-hybridized carbons (Fsp3) is 0.333. The topological polar surface area (TPSA) is 70.9 Å². The van der Waals surface area contributed by atoms with Gasteiger partial charge in [0.15, 0.2) is 5.17 Å². The quantitative estimate of drug-likeness (QED) is 0.491. The highest BCUT2D eigenvalue weighted by Crippen LogP contribution is 2.19. The molecule has 98 valence electrons. The first-order valence-corrected chi connectivity index (χ1v) is 5.68. The summed E-state index contributed by atoms with van der Waals surface area (Å²) in [5, 5.41) is 14.0. The highest BCUT2D eigenvalue weighted by Gasteiger charge is 2.17. The zero-order valence-corrected chi connectivity index (χ0v) is 11.2. The smallest absolute Gasteiger partial charge is 0.412 e. The molecular weight excluding hydrogens is 256 g/mol. The number of anilines is 1. The third-order valence-corrected chi connectivity index (χ3v) is 2.15. The molecule has 1 aromatic rings. The van der Waals surface area contributed by atoms with Gasteiger partial charge < -0.3 is 9.94 Å². The third-order valence-electron chi connectivity index (χ3n) is 1.87. The second-order valence-corrected chi connectivity index (χ2v) is 4.92. The maximum atomic E-state index is 11.6. The summed E-state index contributed by atoms with van der Waals surface area (Å²) in [5.41, 5.74) is 0.232. The number of ether oxygens (including phenoxy) is 1. The molecule has 0 saturated heterocycles. The molecule has 0 bridgehead atoms. The monoisotopic (exact) mass is 270 g/mol. The molecule has 1 rings (SSSR count). The number of hydrogen-bond donors (Lipinski definition) is 2. The SMILES string of the molecule is CC(C)(C)OC(=O)Nc1ccccc1/C(Cl)=N/O. The van der Waals surface area contributed by atoms with Crippen LogP contribution in [0.1, 0.15) is 26.3 Å². The van der Waals surface area contributed by atoms with Gasteiger partial charge in [0.1, 0.15) is 5.60 Å². The van der Waals surface area contributed by atoms with E-state index in [1.165, 1.54) is 0 Å². The first-order valence-electron chi connectivity index (χ1n) is 5.30. The average Bonchev–Trinajstić information content (AvgIpc) is 2.26. The number of benzene rings is 1. The Kier molecular flexibility index (Phi) is 4.55. The summed E-state index contributed by atoms with van der Waals surface area (Å²) in [5.74, 6) is 0. The van der Waals surface area contributed by atoms with Gasteiger partial charge in [-0.1, -0.05) is 28.9 Å². The lowest BCUT2D eigenvalue weighted by molar-refractivity contribution is 0.0636. The molecular formula is C12H15ClN2O3. The summed E-state index contributed by atoms with van der Waals surface area (Å²) in [6, 6.07) is 6.68. The molecule has 0 spiro atoms. The van der Waals surface area contributed by atoms with Gasteiger partial charge in [0.2, 0.25) is 0 Å². The minimum Gasteiger partial charge on any atom is -0.444 e. The fourth-order valence-electron chi connectivity index (χ4n) is 1.24. The number of nitrogens with one attached hydrogen (secondary N) is 1. The van der Waals surface area contributed by atoms with Gasteiger partial charge in [-0.15, -0.1) is 0 Å². The molecule has 0 aliphatic heterocycles. The molecule has 0 aromatic heterocycles. The van der Waals surface area contributed by atoms with E-state index in [9.17, 15) is 4.79 Å². The van der Waals surface area contributed by atoms with Crippen LogP contribution < -0.4 is 5.32 Å². The molecule has 0 aliphatic carbocycles. The number of halogens is 1. The Bertz CT molecular complexity index is 467. The summed E-state index contributed by atoms with van der Waals surface area (Å²) < 4.78 is 5.11. The zero-order chi connectivity index (χ0) is 13.8. The Balaban J connectivity index is 2.88. The highest BCUT2D eigenvalue weighted by atomic mass is 35.5. The Morgan fingerprint density at radius 2 is 2.00 bits per heavy atom. The van der Waals surface area contributed by atoms with E-state index in [1.807, 2.05) is 0 Å². The van der Waals surface area contributed by atoms with Gasteiger partial charge in [0.05, 0.1) is 5.69 Å². The largest absolute Gasteiger partial charge is 0.444 e. The van der Waals surface area contributed by atoms with E-state index in [0.717, 1.165) is 0 Å². The molecule has 0 fully saturated rings. The van der Waals surface area contributed by atoms with Crippen molar-refractivity contribution in [2.45, 2.75) is 26.4 Å². The van der Waals surface area contributed by atoms with E-state index in [0.29, 0.717) is 11.3 Å². The number of nitrogens with zero attached hydrogens (tertiary/aromatic N) is 1. The van der Waals surface area contributed by atoms with E-state index in [1.54, 1.807) is 45.0 Å². The molecule has 0 unspecified atom stereocenters. The maximum Gasteiger partial charge on any atom is 0.412 e. The van der Waals surface area contributed by atoms with Crippen molar-refractivity contribution in [2.24, 2.45) is 5.16 Å². The number of carbonyl (C=O) groups excluding carboxylic acids is 1. The highest BCUT2D eigenvalue weighted by molar-refractivity contribution is 6.70. The first kappa shape index (κ1) is 14.3. The second-order valence-electron chi connectivity index (χ2n) is 4.56. The van der Waals surface area contributed by atoms with E-state index in [4.69, 9.17) is 21.5 Å². The van der Waals surface area contributed by atoms with Crippen molar-refractivity contribution in [3.8, 4) is 0 Å². The minimum absolute atomic E-state index is 0.110. The molecule has 0 radical (unpaired) electrons. The number of para-hydroxylation sites is 1. The molecule has 6 heteroatoms. The van der Waals surface area contributed by atoms with Crippen LogP contribution in [-0.2, 0) is 4.74 Å². The summed E-state index contributed by atoms with van der Waals surface area (Å²) in [6.45, 7) is 5.29. The van der Waals surface area contributed by atoms with Gasteiger partial charge in [-0.25, -0.2) is 4.79 Å². The first-order chi connectivity index (χ1) is 8.33. The van der Waals surface area contributed by atoms with E-state index in [2.05, 4.69) is 10.5 Å². The molecule has 0 aliphatic rings. The maximum absolute atomic E-state index is 11.6. The third kappa shape index (κ3) is 4.25. The summed E-state index contributed by atoms with van der Waals surface area (Å²) >= 11 is 5.72. The Morgan fingerprint density at radius 1 is 1.39 bits per heavy atom. The normalized spacial score (nSPS) is 12.1. The van der Waals surface area contributed by atoms with E-state index < -0.39 is 11.7 Å². The van der Waals surface area contributed by atoms with Crippen molar-refractivity contribution < 1.29 is 14.7 Å². The lowest BCUT2D eigenvalue weighted by Gasteiger charge is -2.20. The molecule has 1 aromatic carbocycles. The number of amides is 1. The van der Waals surface area contributed by atoms with Gasteiger partial charge in [-0.05, 0) is 32.9 Å². The fourth-order valence-corrected chi connectivity index (χ4v) is 1.40. The second kappa shape index (κ2) is 5.73. The van der Waals surface area contributed by atoms with Crippen LogP contribution in [0, 0.1) is 0 Å². The molecule has 18 heavy (non-hydrogen) atoms. The molecule has 0 saturated carbocycles. The molecule has 1 amide bonds. The van der Waals surface area contributed by atoms with Crippen molar-refractivity contribution in [1.82, 2.24) is 0 Å². The van der Waals surface area contributed by atoms with Crippen LogP contribution >= 0.6 is 11.6 Å². The van der Waals surface area contributed by atoms with Gasteiger partial charge in [0, 0.05) is 5.56 Å². The van der Waals surface area contributed by atoms with Crippen LogP contribution in [0.5, 0.6) is 0 Å². The Hall–Kier alpha value is -1.75. The number of carbonyl (C=O) groups is 1. The molecule has 0 heterocycles. The zero-order valence-electron chi connectivity index (χ0n) is 10.4. The number of hydrogen-bond acceptors (Lipinski definition) is 4. The Labute approximate surface area is 110 Å². The minimum atomic E-state index is -0.600. The standard InChI is InChI=1S/C12H15ClN2O3/c1-12(2,3)18-11(16)14-9-7-5-4-6-8(9)10(13)15-17/h4-7,17H,1-3H3,(H,14,16)/b15-10-. The van der Waals surface area contributed by atoms with Gasteiger partial charge in [-0.3, -0.25) is 5.32 Å². The molecule has 0 atom stereocenters. The van der Waals surface area contributed by atoms with E-state index >= 15 is 0 Å². The number of oxime groups is 1. The van der Waals surface area contributed by atoms with Gasteiger partial charge in [-0.2, -0.15) is 0 Å². The van der Waals surface area contributed by atoms with Gasteiger partial charge >= 0.3 is 6.09 Å². The van der Waals surface area contributed by atoms with Crippen LogP contribution in [0.15, 0.2) is 29.4 Å². The van der Waals surface area contributed by atoms with Crippen LogP contribution in [0.25, 0.3) is 0 Å². The van der Waals surface area contributed by atoms with Crippen molar-refractivity contribution >= 4 is 28.6 Å². The Morgan fingerprint density at radius 3 is 2.56 bits per heavy atom. The summed E-state index contributed by atoms with van der Waals surface area (Å²) in [7, 11) is 0. The number of rotatable bonds is 2. The van der Waals surface area contributed by atoms with Crippen molar-refractivity contribution in [2.75, 3.05) is 5.32 Å². The van der Waals surface area contributed by atoms with Gasteiger partial charge in [0.25, 0.3) is 0 Å². The van der Waals surface area contributed by atoms with Crippen molar-refractivity contribution in [3.63, 3.8) is 0 Å². The molecule has 2 N–H and O–H groups in total. The predicted octanol–water partition coefficient (Wildman–Crippen LogP) is 3.41. The van der Waals surface area contributed by atoms with Crippen LogP contribution in [0.2, 0.25) is 0 Å². The molecule has 5 nitrogen and oxygen atoms in total. The average molecular weight is 271 g/mol. The lowest BCUT2D eigenvalue weighted by Crippen LogP contribution is -2.27. The van der Waals surface area contributed by atoms with Crippen molar-refractivity contribution in [3.05, 3.63) is 29.8 Å². The van der Waals surface area contributed by atoms with Crippen LogP contribution in [-0.4, -0.2) is 22.1 Å². The summed E-state index contributed by atoms with van der Waals surface area (Å²) in [6.07, 6.45) is -0.600. The predicted molar refractivity (Wildman–Crippen MR) is 70.5 cm³/mol.